The van der Waals surface area contributed by atoms with Gasteiger partial charge in [-0.3, -0.25) is 4.79 Å². The maximum atomic E-state index is 12.9. The summed E-state index contributed by atoms with van der Waals surface area (Å²) < 4.78 is 44.3. The number of rotatable bonds is 3. The Balaban J connectivity index is 2.02. The average Bonchev–Trinajstić information content (AvgIpc) is 3.13. The predicted molar refractivity (Wildman–Crippen MR) is 80.6 cm³/mol. The molecule has 1 aliphatic rings. The van der Waals surface area contributed by atoms with E-state index in [1.807, 2.05) is 5.38 Å². The van der Waals surface area contributed by atoms with E-state index in [0.29, 0.717) is 4.88 Å². The van der Waals surface area contributed by atoms with Crippen molar-refractivity contribution in [3.05, 3.63) is 63.7 Å². The summed E-state index contributed by atoms with van der Waals surface area (Å²) in [4.78, 5) is 13.3. The van der Waals surface area contributed by atoms with Gasteiger partial charge in [-0.15, -0.1) is 11.3 Å². The third-order valence-corrected chi connectivity index (χ3v) is 4.37. The molecule has 1 aromatic carbocycles. The number of nitrogens with one attached hydrogen (secondary N) is 1. The van der Waals surface area contributed by atoms with Gasteiger partial charge in [-0.1, -0.05) is 18.2 Å². The summed E-state index contributed by atoms with van der Waals surface area (Å²) in [6.07, 6.45) is -5.28. The Morgan fingerprint density at radius 1 is 1.22 bits per heavy atom. The molecule has 0 radical (unpaired) electrons. The molecule has 1 unspecified atom stereocenters. The van der Waals surface area contributed by atoms with Crippen LogP contribution in [0.4, 0.5) is 13.2 Å². The van der Waals surface area contributed by atoms with Gasteiger partial charge in [0.15, 0.2) is 12.0 Å². The first-order valence-electron chi connectivity index (χ1n) is 6.75. The highest BCUT2D eigenvalue weighted by Gasteiger charge is 2.38. The molecule has 2 heterocycles. The van der Waals surface area contributed by atoms with Crippen LogP contribution in [0.15, 0.2) is 47.7 Å². The molecule has 0 spiro atoms. The van der Waals surface area contributed by atoms with E-state index in [-0.39, 0.29) is 22.8 Å². The van der Waals surface area contributed by atoms with Crippen LogP contribution in [0.5, 0.6) is 0 Å². The number of ether oxygens (including phenoxy) is 1. The fourth-order valence-electron chi connectivity index (χ4n) is 2.41. The minimum absolute atomic E-state index is 0.136. The summed E-state index contributed by atoms with van der Waals surface area (Å²) >= 11 is 1.36. The molecule has 120 valence electrons. The van der Waals surface area contributed by atoms with Gasteiger partial charge in [-0.05, 0) is 29.1 Å². The van der Waals surface area contributed by atoms with Crippen LogP contribution in [0.25, 0.3) is 5.57 Å². The highest BCUT2D eigenvalue weighted by atomic mass is 32.1. The van der Waals surface area contributed by atoms with Gasteiger partial charge in [0.05, 0.1) is 16.0 Å². The monoisotopic (exact) mass is 339 g/mol. The van der Waals surface area contributed by atoms with Crippen molar-refractivity contribution in [2.24, 2.45) is 0 Å². The van der Waals surface area contributed by atoms with Crippen molar-refractivity contribution in [1.82, 2.24) is 5.32 Å². The standard InChI is InChI=1S/C16H12F3NO2S/c1-20-15-12(9-4-2-5-10(8-9)16(17,18)19)13(21)14(22-15)11-6-3-7-23-11/h2-8,14,20H,1H3. The molecule has 1 atom stereocenters. The number of hydrogen-bond acceptors (Lipinski definition) is 4. The van der Waals surface area contributed by atoms with Crippen LogP contribution in [-0.4, -0.2) is 12.8 Å². The molecular formula is C16H12F3NO2S. The molecule has 3 rings (SSSR count). The van der Waals surface area contributed by atoms with Crippen LogP contribution < -0.4 is 5.32 Å². The number of Topliss-reactive ketones (excluding diaryl/α,β-unsaturated/α-hetero) is 1. The van der Waals surface area contributed by atoms with Gasteiger partial charge < -0.3 is 10.1 Å². The Morgan fingerprint density at radius 3 is 2.61 bits per heavy atom. The number of benzene rings is 1. The zero-order valence-electron chi connectivity index (χ0n) is 12.0. The Hall–Kier alpha value is -2.28. The van der Waals surface area contributed by atoms with Crippen molar-refractivity contribution in [3.8, 4) is 0 Å². The third kappa shape index (κ3) is 2.84. The van der Waals surface area contributed by atoms with Gasteiger partial charge in [-0.2, -0.15) is 13.2 Å². The first kappa shape index (κ1) is 15.6. The highest BCUT2D eigenvalue weighted by molar-refractivity contribution is 7.10. The lowest BCUT2D eigenvalue weighted by Gasteiger charge is -2.09. The number of carbonyl (C=O) groups is 1. The fourth-order valence-corrected chi connectivity index (χ4v) is 3.16. The smallest absolute Gasteiger partial charge is 0.416 e. The van der Waals surface area contributed by atoms with Crippen LogP contribution in [0, 0.1) is 0 Å². The highest BCUT2D eigenvalue weighted by Crippen LogP contribution is 2.39. The van der Waals surface area contributed by atoms with Gasteiger partial charge in [-0.25, -0.2) is 0 Å². The Morgan fingerprint density at radius 2 is 2.00 bits per heavy atom. The number of hydrogen-bond donors (Lipinski definition) is 1. The van der Waals surface area contributed by atoms with E-state index in [4.69, 9.17) is 4.74 Å². The molecule has 3 nitrogen and oxygen atoms in total. The molecule has 0 bridgehead atoms. The molecule has 0 fully saturated rings. The maximum Gasteiger partial charge on any atom is 0.416 e. The Bertz CT molecular complexity index is 766. The van der Waals surface area contributed by atoms with Crippen molar-refractivity contribution in [3.63, 3.8) is 0 Å². The summed E-state index contributed by atoms with van der Waals surface area (Å²) in [5.74, 6) is -0.163. The van der Waals surface area contributed by atoms with Gasteiger partial charge in [0.1, 0.15) is 0 Å². The average molecular weight is 339 g/mol. The van der Waals surface area contributed by atoms with E-state index in [2.05, 4.69) is 5.32 Å². The van der Waals surface area contributed by atoms with Gasteiger partial charge in [0.2, 0.25) is 5.78 Å². The van der Waals surface area contributed by atoms with Crippen molar-refractivity contribution in [2.45, 2.75) is 12.3 Å². The molecule has 0 aliphatic carbocycles. The maximum absolute atomic E-state index is 12.9. The number of carbonyl (C=O) groups excluding carboxylic acids is 1. The number of alkyl halides is 3. The SMILES string of the molecule is CNC1=C(c2cccc(C(F)(F)F)c2)C(=O)C(c2cccs2)O1. The first-order chi connectivity index (χ1) is 10.9. The second-order valence-electron chi connectivity index (χ2n) is 4.91. The van der Waals surface area contributed by atoms with Crippen LogP contribution in [0.3, 0.4) is 0 Å². The first-order valence-corrected chi connectivity index (χ1v) is 7.63. The van der Waals surface area contributed by atoms with E-state index >= 15 is 0 Å². The molecule has 1 aliphatic heterocycles. The Kier molecular flexibility index (Phi) is 3.89. The molecule has 0 saturated heterocycles. The van der Waals surface area contributed by atoms with Crippen molar-refractivity contribution >= 4 is 22.7 Å². The molecule has 2 aromatic rings. The molecule has 1 aromatic heterocycles. The summed E-state index contributed by atoms with van der Waals surface area (Å²) in [5, 5.41) is 4.57. The number of halogens is 3. The molecule has 0 saturated carbocycles. The van der Waals surface area contributed by atoms with Crippen molar-refractivity contribution < 1.29 is 22.7 Å². The van der Waals surface area contributed by atoms with Gasteiger partial charge in [0, 0.05) is 7.05 Å². The summed E-state index contributed by atoms with van der Waals surface area (Å²) in [6, 6.07) is 8.24. The van der Waals surface area contributed by atoms with Crippen LogP contribution >= 0.6 is 11.3 Å². The van der Waals surface area contributed by atoms with E-state index in [1.165, 1.54) is 23.5 Å². The van der Waals surface area contributed by atoms with Gasteiger partial charge >= 0.3 is 6.18 Å². The quantitative estimate of drug-likeness (QED) is 0.919. The topological polar surface area (TPSA) is 38.3 Å². The lowest BCUT2D eigenvalue weighted by Crippen LogP contribution is -2.09. The lowest BCUT2D eigenvalue weighted by atomic mass is 9.98. The predicted octanol–water partition coefficient (Wildman–Crippen LogP) is 4.00. The minimum atomic E-state index is -4.47. The lowest BCUT2D eigenvalue weighted by molar-refractivity contribution is -0.137. The van der Waals surface area contributed by atoms with Crippen molar-refractivity contribution in [1.29, 1.82) is 0 Å². The number of ketones is 1. The van der Waals surface area contributed by atoms with Gasteiger partial charge in [0.25, 0.3) is 0 Å². The molecular weight excluding hydrogens is 327 g/mol. The fraction of sp³-hybridized carbons (Fsp3) is 0.188. The normalized spacial score (nSPS) is 18.3. The second kappa shape index (κ2) is 5.73. The summed E-state index contributed by atoms with van der Waals surface area (Å²) in [7, 11) is 1.56. The molecule has 7 heteroatoms. The molecule has 23 heavy (non-hydrogen) atoms. The number of thiophene rings is 1. The Labute approximate surface area is 134 Å². The summed E-state index contributed by atoms with van der Waals surface area (Å²) in [6.45, 7) is 0. The minimum Gasteiger partial charge on any atom is -0.461 e. The van der Waals surface area contributed by atoms with Crippen LogP contribution in [0.2, 0.25) is 0 Å². The van der Waals surface area contributed by atoms with E-state index < -0.39 is 17.8 Å². The van der Waals surface area contributed by atoms with E-state index in [1.54, 1.807) is 19.2 Å². The summed E-state index contributed by atoms with van der Waals surface area (Å²) in [5.41, 5.74) is -0.476. The van der Waals surface area contributed by atoms with Crippen LogP contribution in [-0.2, 0) is 15.7 Å². The zero-order valence-corrected chi connectivity index (χ0v) is 12.8. The van der Waals surface area contributed by atoms with E-state index in [9.17, 15) is 18.0 Å². The molecule has 1 N–H and O–H groups in total. The second-order valence-corrected chi connectivity index (χ2v) is 5.89. The largest absolute Gasteiger partial charge is 0.461 e. The zero-order chi connectivity index (χ0) is 16.6. The van der Waals surface area contributed by atoms with Crippen LogP contribution in [0.1, 0.15) is 22.1 Å². The molecule has 0 amide bonds. The van der Waals surface area contributed by atoms with Crippen molar-refractivity contribution in [2.75, 3.05) is 7.05 Å². The third-order valence-electron chi connectivity index (χ3n) is 3.45. The van der Waals surface area contributed by atoms with E-state index in [0.717, 1.165) is 12.1 Å².